The molecule has 0 radical (unpaired) electrons. The van der Waals surface area contributed by atoms with Crippen molar-refractivity contribution < 1.29 is 16.8 Å². The maximum Gasteiger partial charge on any atom is 0.244 e. The molecule has 6 nitrogen and oxygen atoms in total. The van der Waals surface area contributed by atoms with Gasteiger partial charge in [-0.3, -0.25) is 0 Å². The molecule has 1 saturated heterocycles. The third-order valence-electron chi connectivity index (χ3n) is 3.51. The van der Waals surface area contributed by atoms with Crippen molar-refractivity contribution in [3.63, 3.8) is 0 Å². The van der Waals surface area contributed by atoms with E-state index in [1.54, 1.807) is 7.05 Å². The van der Waals surface area contributed by atoms with Crippen LogP contribution in [0.4, 0.5) is 0 Å². The average molecular weight is 353 g/mol. The van der Waals surface area contributed by atoms with Crippen LogP contribution in [0.3, 0.4) is 0 Å². The van der Waals surface area contributed by atoms with Gasteiger partial charge >= 0.3 is 0 Å². The van der Waals surface area contributed by atoms with Gasteiger partial charge in [0.05, 0.1) is 9.92 Å². The molecule has 21 heavy (non-hydrogen) atoms. The van der Waals surface area contributed by atoms with E-state index in [1.165, 1.54) is 16.4 Å². The number of nitrogens with one attached hydrogen (secondary N) is 1. The summed E-state index contributed by atoms with van der Waals surface area (Å²) in [7, 11) is -5.52. The smallest absolute Gasteiger partial charge is 0.244 e. The summed E-state index contributed by atoms with van der Waals surface area (Å²) in [5, 5.41) is 3.06. The first-order valence-electron chi connectivity index (χ1n) is 6.33. The van der Waals surface area contributed by atoms with E-state index >= 15 is 0 Å². The maximum absolute atomic E-state index is 12.6. The Morgan fingerprint density at radius 1 is 1.29 bits per heavy atom. The minimum absolute atomic E-state index is 0.0234. The van der Waals surface area contributed by atoms with Gasteiger partial charge in [-0.05, 0) is 31.7 Å². The van der Waals surface area contributed by atoms with E-state index < -0.39 is 19.9 Å². The van der Waals surface area contributed by atoms with Crippen molar-refractivity contribution in [1.82, 2.24) is 9.62 Å². The molecule has 1 unspecified atom stereocenters. The quantitative estimate of drug-likeness (QED) is 0.863. The van der Waals surface area contributed by atoms with Gasteiger partial charge in [-0.1, -0.05) is 11.6 Å². The zero-order valence-electron chi connectivity index (χ0n) is 11.7. The summed E-state index contributed by atoms with van der Waals surface area (Å²) in [6, 6.07) is 3.82. The van der Waals surface area contributed by atoms with Gasteiger partial charge < -0.3 is 5.32 Å². The van der Waals surface area contributed by atoms with Crippen molar-refractivity contribution in [2.24, 2.45) is 0 Å². The van der Waals surface area contributed by atoms with Crippen molar-refractivity contribution in [2.75, 3.05) is 26.4 Å². The maximum atomic E-state index is 12.6. The Morgan fingerprint density at radius 2 is 1.95 bits per heavy atom. The fourth-order valence-corrected chi connectivity index (χ4v) is 4.96. The van der Waals surface area contributed by atoms with Crippen molar-refractivity contribution in [3.8, 4) is 0 Å². The van der Waals surface area contributed by atoms with Crippen molar-refractivity contribution in [1.29, 1.82) is 0 Å². The van der Waals surface area contributed by atoms with Gasteiger partial charge in [-0.25, -0.2) is 16.8 Å². The number of sulfone groups is 1. The molecule has 1 aliphatic rings. The molecule has 1 aliphatic heterocycles. The van der Waals surface area contributed by atoms with Crippen LogP contribution in [-0.4, -0.2) is 53.6 Å². The first-order valence-corrected chi connectivity index (χ1v) is 10.0. The van der Waals surface area contributed by atoms with Gasteiger partial charge in [-0.2, -0.15) is 4.31 Å². The van der Waals surface area contributed by atoms with Crippen LogP contribution in [0.15, 0.2) is 28.0 Å². The normalized spacial score (nSPS) is 20.8. The summed E-state index contributed by atoms with van der Waals surface area (Å²) in [5.41, 5.74) is 0. The predicted octanol–water partition coefficient (Wildman–Crippen LogP) is 0.726. The van der Waals surface area contributed by atoms with Crippen LogP contribution in [0.5, 0.6) is 0 Å². The molecular formula is C12H17ClN2O4S2. The van der Waals surface area contributed by atoms with Gasteiger partial charge in [0, 0.05) is 25.4 Å². The average Bonchev–Trinajstić information content (AvgIpc) is 2.87. The molecule has 118 valence electrons. The zero-order chi connectivity index (χ0) is 15.8. The number of hydrogen-bond donors (Lipinski definition) is 1. The third-order valence-corrected chi connectivity index (χ3v) is 6.96. The molecule has 0 saturated carbocycles. The molecule has 0 aliphatic carbocycles. The zero-order valence-corrected chi connectivity index (χ0v) is 14.1. The Hall–Kier alpha value is -0.670. The van der Waals surface area contributed by atoms with Crippen molar-refractivity contribution >= 4 is 31.5 Å². The molecule has 1 heterocycles. The highest BCUT2D eigenvalue weighted by Gasteiger charge is 2.33. The number of benzene rings is 1. The van der Waals surface area contributed by atoms with Crippen LogP contribution >= 0.6 is 11.6 Å². The summed E-state index contributed by atoms with van der Waals surface area (Å²) in [6.45, 7) is 0.728. The first kappa shape index (κ1) is 16.7. The molecule has 1 N–H and O–H groups in total. The van der Waals surface area contributed by atoms with Gasteiger partial charge in [0.1, 0.15) is 4.90 Å². The van der Waals surface area contributed by atoms with Crippen LogP contribution < -0.4 is 5.32 Å². The molecule has 1 fully saturated rings. The summed E-state index contributed by atoms with van der Waals surface area (Å²) < 4.78 is 49.7. The predicted molar refractivity (Wildman–Crippen MR) is 80.8 cm³/mol. The van der Waals surface area contributed by atoms with Crippen LogP contribution in [0, 0.1) is 0 Å². The topological polar surface area (TPSA) is 83.6 Å². The lowest BCUT2D eigenvalue weighted by Gasteiger charge is -2.18. The van der Waals surface area contributed by atoms with Crippen LogP contribution in [0.1, 0.15) is 6.42 Å². The van der Waals surface area contributed by atoms with E-state index in [9.17, 15) is 16.8 Å². The summed E-state index contributed by atoms with van der Waals surface area (Å²) in [4.78, 5) is -0.223. The lowest BCUT2D eigenvalue weighted by atomic mass is 10.3. The lowest BCUT2D eigenvalue weighted by molar-refractivity contribution is 0.464. The van der Waals surface area contributed by atoms with Gasteiger partial charge in [-0.15, -0.1) is 0 Å². The Bertz CT molecular complexity index is 747. The summed E-state index contributed by atoms with van der Waals surface area (Å²) in [5.74, 6) is 0. The molecule has 0 amide bonds. The summed E-state index contributed by atoms with van der Waals surface area (Å²) in [6.07, 6.45) is 1.73. The molecule has 1 atom stereocenters. The molecule has 0 aromatic heterocycles. The standard InChI is InChI=1S/C12H17ClN2O4S2/c1-14-9-5-6-15(8-9)21(18,19)12-7-10(20(2,16)17)3-4-11(12)13/h3-4,7,9,14H,5-6,8H2,1-2H3. The molecule has 2 rings (SSSR count). The van der Waals surface area contributed by atoms with Crippen molar-refractivity contribution in [2.45, 2.75) is 22.3 Å². The highest BCUT2D eigenvalue weighted by Crippen LogP contribution is 2.29. The highest BCUT2D eigenvalue weighted by atomic mass is 35.5. The van der Waals surface area contributed by atoms with E-state index in [-0.39, 0.29) is 20.9 Å². The number of nitrogens with zero attached hydrogens (tertiary/aromatic N) is 1. The second-order valence-corrected chi connectivity index (χ2v) is 9.33. The fraction of sp³-hybridized carbons (Fsp3) is 0.500. The Balaban J connectivity index is 2.45. The number of likely N-dealkylation sites (N-methyl/N-ethyl adjacent to an activating group) is 1. The fourth-order valence-electron chi connectivity index (χ4n) is 2.23. The number of rotatable bonds is 4. The first-order chi connectivity index (χ1) is 9.66. The van der Waals surface area contributed by atoms with E-state index in [0.29, 0.717) is 19.5 Å². The minimum atomic E-state index is -3.80. The molecular weight excluding hydrogens is 336 g/mol. The Morgan fingerprint density at radius 3 is 2.48 bits per heavy atom. The van der Waals surface area contributed by atoms with Crippen LogP contribution in [0.2, 0.25) is 5.02 Å². The lowest BCUT2D eigenvalue weighted by Crippen LogP contribution is -2.33. The van der Waals surface area contributed by atoms with Gasteiger partial charge in [0.25, 0.3) is 0 Å². The molecule has 1 aromatic rings. The van der Waals surface area contributed by atoms with Crippen LogP contribution in [0.25, 0.3) is 0 Å². The van der Waals surface area contributed by atoms with Gasteiger partial charge in [0.15, 0.2) is 9.84 Å². The second kappa shape index (κ2) is 5.85. The number of sulfonamides is 1. The Kier molecular flexibility index (Phi) is 4.65. The van der Waals surface area contributed by atoms with Gasteiger partial charge in [0.2, 0.25) is 10.0 Å². The third kappa shape index (κ3) is 3.40. The van der Waals surface area contributed by atoms with E-state index in [0.717, 1.165) is 12.3 Å². The summed E-state index contributed by atoms with van der Waals surface area (Å²) >= 11 is 5.96. The Labute approximate surface area is 130 Å². The van der Waals surface area contributed by atoms with E-state index in [1.807, 2.05) is 0 Å². The second-order valence-electron chi connectivity index (χ2n) is 5.00. The van der Waals surface area contributed by atoms with Crippen molar-refractivity contribution in [3.05, 3.63) is 23.2 Å². The monoisotopic (exact) mass is 352 g/mol. The number of hydrogen-bond acceptors (Lipinski definition) is 5. The molecule has 9 heteroatoms. The largest absolute Gasteiger partial charge is 0.316 e. The van der Waals surface area contributed by atoms with E-state index in [2.05, 4.69) is 5.32 Å². The SMILES string of the molecule is CNC1CCN(S(=O)(=O)c2cc(S(C)(=O)=O)ccc2Cl)C1. The molecule has 0 spiro atoms. The highest BCUT2D eigenvalue weighted by molar-refractivity contribution is 7.91. The van der Waals surface area contributed by atoms with Crippen LogP contribution in [-0.2, 0) is 19.9 Å². The number of halogens is 1. The molecule has 1 aromatic carbocycles. The minimum Gasteiger partial charge on any atom is -0.316 e. The molecule has 0 bridgehead atoms. The van der Waals surface area contributed by atoms with E-state index in [4.69, 9.17) is 11.6 Å².